The Morgan fingerprint density at radius 3 is 2.79 bits per heavy atom. The van der Waals surface area contributed by atoms with Crippen LogP contribution in [0.5, 0.6) is 0 Å². The Labute approximate surface area is 158 Å². The molecule has 0 spiro atoms. The van der Waals surface area contributed by atoms with E-state index in [1.54, 1.807) is 0 Å². The quantitative estimate of drug-likeness (QED) is 0.474. The molecule has 2 nitrogen and oxygen atoms in total. The Bertz CT molecular complexity index is 691. The Balaban J connectivity index is 1.46. The van der Waals surface area contributed by atoms with Gasteiger partial charge < -0.3 is 5.32 Å². The van der Waals surface area contributed by atoms with E-state index in [-0.39, 0.29) is 5.91 Å². The van der Waals surface area contributed by atoms with Gasteiger partial charge >= 0.3 is 0 Å². The van der Waals surface area contributed by atoms with Gasteiger partial charge in [-0.05, 0) is 82.7 Å². The first kappa shape index (κ1) is 17.7. The lowest BCUT2D eigenvalue weighted by atomic mass is 9.87. The summed E-state index contributed by atoms with van der Waals surface area (Å²) in [4.78, 5) is 12.1. The number of amides is 1. The average Bonchev–Trinajstić information content (AvgIpc) is 2.60. The Kier molecular flexibility index (Phi) is 6.52. The van der Waals surface area contributed by atoms with E-state index in [9.17, 15) is 4.79 Å². The molecule has 0 radical (unpaired) electrons. The van der Waals surface area contributed by atoms with Gasteiger partial charge in [-0.2, -0.15) is 0 Å². The Morgan fingerprint density at radius 2 is 1.96 bits per heavy atom. The highest BCUT2D eigenvalue weighted by Crippen LogP contribution is 2.26. The van der Waals surface area contributed by atoms with Gasteiger partial charge in [0.25, 0.3) is 0 Å². The number of aryl methyl sites for hydroxylation is 1. The highest BCUT2D eigenvalue weighted by atomic mass is 127. The molecule has 0 bridgehead atoms. The maximum atomic E-state index is 12.1. The van der Waals surface area contributed by atoms with E-state index in [2.05, 4.69) is 64.3 Å². The summed E-state index contributed by atoms with van der Waals surface area (Å²) in [6, 6.07) is 13.1. The topological polar surface area (TPSA) is 29.1 Å². The van der Waals surface area contributed by atoms with Gasteiger partial charge in [0, 0.05) is 16.5 Å². The monoisotopic (exact) mass is 435 g/mol. The zero-order valence-electron chi connectivity index (χ0n) is 14.2. The summed E-state index contributed by atoms with van der Waals surface area (Å²) in [5, 5.41) is 5.76. The molecule has 1 fully saturated rings. The van der Waals surface area contributed by atoms with Crippen molar-refractivity contribution in [2.24, 2.45) is 5.92 Å². The zero-order chi connectivity index (χ0) is 16.8. The van der Waals surface area contributed by atoms with E-state index < -0.39 is 0 Å². The minimum absolute atomic E-state index is 0.245. The molecule has 1 saturated carbocycles. The number of halogens is 1. The van der Waals surface area contributed by atoms with Crippen molar-refractivity contribution in [3.05, 3.63) is 45.5 Å². The lowest BCUT2D eigenvalue weighted by Gasteiger charge is -2.20. The van der Waals surface area contributed by atoms with Crippen LogP contribution < -0.4 is 5.32 Å². The van der Waals surface area contributed by atoms with Crippen molar-refractivity contribution in [3.63, 3.8) is 0 Å². The van der Waals surface area contributed by atoms with E-state index in [1.807, 2.05) is 0 Å². The Morgan fingerprint density at radius 1 is 1.12 bits per heavy atom. The molecule has 0 heterocycles. The summed E-state index contributed by atoms with van der Waals surface area (Å²) in [7, 11) is 0. The van der Waals surface area contributed by atoms with E-state index in [4.69, 9.17) is 0 Å². The third-order valence-corrected chi connectivity index (χ3v) is 5.75. The molecular formula is C21H26INO. The van der Waals surface area contributed by atoms with Crippen molar-refractivity contribution < 1.29 is 4.79 Å². The molecule has 0 atom stereocenters. The molecule has 1 amide bonds. The summed E-state index contributed by atoms with van der Waals surface area (Å²) in [6.07, 6.45) is 9.18. The van der Waals surface area contributed by atoms with Gasteiger partial charge in [-0.1, -0.05) is 43.5 Å². The number of nitrogens with one attached hydrogen (secondary N) is 1. The summed E-state index contributed by atoms with van der Waals surface area (Å²) in [5.74, 6) is 0.869. The number of benzene rings is 2. The van der Waals surface area contributed by atoms with Crippen molar-refractivity contribution in [1.82, 2.24) is 5.32 Å². The maximum absolute atomic E-state index is 12.1. The van der Waals surface area contributed by atoms with Crippen molar-refractivity contribution in [2.75, 3.05) is 6.54 Å². The molecule has 2 aromatic rings. The van der Waals surface area contributed by atoms with Gasteiger partial charge in [0.15, 0.2) is 0 Å². The van der Waals surface area contributed by atoms with Crippen LogP contribution in [0.3, 0.4) is 0 Å². The molecular weight excluding hydrogens is 409 g/mol. The largest absolute Gasteiger partial charge is 0.356 e. The van der Waals surface area contributed by atoms with E-state index >= 15 is 0 Å². The van der Waals surface area contributed by atoms with Crippen LogP contribution in [0.2, 0.25) is 0 Å². The summed E-state index contributed by atoms with van der Waals surface area (Å²) in [5.41, 5.74) is 1.38. The van der Waals surface area contributed by atoms with Gasteiger partial charge in [0.05, 0.1) is 0 Å². The van der Waals surface area contributed by atoms with Gasteiger partial charge in [-0.3, -0.25) is 4.79 Å². The lowest BCUT2D eigenvalue weighted by Crippen LogP contribution is -2.27. The SMILES string of the molecule is O=C(CC1CCCCC1)NCCCc1cccc2ccc(I)cc12. The van der Waals surface area contributed by atoms with Crippen LogP contribution in [0.15, 0.2) is 36.4 Å². The maximum Gasteiger partial charge on any atom is 0.220 e. The van der Waals surface area contributed by atoms with Crippen molar-refractivity contribution in [1.29, 1.82) is 0 Å². The van der Waals surface area contributed by atoms with Crippen LogP contribution in [-0.2, 0) is 11.2 Å². The number of rotatable bonds is 6. The standard InChI is InChI=1S/C21H26INO/c22-19-12-11-18-9-4-8-17(20(18)15-19)10-5-13-23-21(24)14-16-6-2-1-3-7-16/h4,8-9,11-12,15-16H,1-3,5-7,10,13-14H2,(H,23,24). The molecule has 24 heavy (non-hydrogen) atoms. The van der Waals surface area contributed by atoms with Crippen LogP contribution >= 0.6 is 22.6 Å². The predicted molar refractivity (Wildman–Crippen MR) is 109 cm³/mol. The highest BCUT2D eigenvalue weighted by Gasteiger charge is 2.16. The number of carbonyl (C=O) groups excluding carboxylic acids is 1. The molecule has 1 aliphatic rings. The summed E-state index contributed by atoms with van der Waals surface area (Å²) < 4.78 is 1.27. The molecule has 0 unspecified atom stereocenters. The van der Waals surface area contributed by atoms with Gasteiger partial charge in [-0.25, -0.2) is 0 Å². The molecule has 3 rings (SSSR count). The summed E-state index contributed by atoms with van der Waals surface area (Å²) in [6.45, 7) is 0.784. The van der Waals surface area contributed by atoms with Crippen LogP contribution in [-0.4, -0.2) is 12.5 Å². The first-order valence-corrected chi connectivity index (χ1v) is 10.2. The summed E-state index contributed by atoms with van der Waals surface area (Å²) >= 11 is 2.37. The smallest absolute Gasteiger partial charge is 0.220 e. The highest BCUT2D eigenvalue weighted by molar-refractivity contribution is 14.1. The number of fused-ring (bicyclic) bond motifs is 1. The number of hydrogen-bond donors (Lipinski definition) is 1. The molecule has 0 saturated heterocycles. The minimum atomic E-state index is 0.245. The molecule has 1 N–H and O–H groups in total. The van der Waals surface area contributed by atoms with Crippen molar-refractivity contribution >= 4 is 39.3 Å². The minimum Gasteiger partial charge on any atom is -0.356 e. The Hall–Kier alpha value is -1.10. The van der Waals surface area contributed by atoms with Crippen LogP contribution in [0, 0.1) is 9.49 Å². The third kappa shape index (κ3) is 4.95. The van der Waals surface area contributed by atoms with Crippen LogP contribution in [0.25, 0.3) is 10.8 Å². The fourth-order valence-corrected chi connectivity index (χ4v) is 4.25. The second-order valence-corrected chi connectivity index (χ2v) is 8.19. The second-order valence-electron chi connectivity index (χ2n) is 6.94. The van der Waals surface area contributed by atoms with Crippen molar-refractivity contribution in [2.45, 2.75) is 51.4 Å². The first-order chi connectivity index (χ1) is 11.7. The molecule has 3 heteroatoms. The average molecular weight is 435 g/mol. The normalized spacial score (nSPS) is 15.5. The van der Waals surface area contributed by atoms with Crippen LogP contribution in [0.4, 0.5) is 0 Å². The fourth-order valence-electron chi connectivity index (χ4n) is 3.76. The number of carbonyl (C=O) groups is 1. The third-order valence-electron chi connectivity index (χ3n) is 5.08. The first-order valence-electron chi connectivity index (χ1n) is 9.16. The van der Waals surface area contributed by atoms with Gasteiger partial charge in [0.2, 0.25) is 5.91 Å². The predicted octanol–water partition coefficient (Wildman–Crippen LogP) is 5.46. The van der Waals surface area contributed by atoms with E-state index in [0.717, 1.165) is 25.8 Å². The second kappa shape index (κ2) is 8.84. The molecule has 2 aromatic carbocycles. The molecule has 0 aliphatic heterocycles. The molecule has 0 aromatic heterocycles. The van der Waals surface area contributed by atoms with Crippen LogP contribution in [0.1, 0.15) is 50.5 Å². The zero-order valence-corrected chi connectivity index (χ0v) is 16.3. The van der Waals surface area contributed by atoms with Gasteiger partial charge in [-0.15, -0.1) is 0 Å². The van der Waals surface area contributed by atoms with E-state index in [1.165, 1.54) is 52.0 Å². The van der Waals surface area contributed by atoms with E-state index in [0.29, 0.717) is 5.92 Å². The van der Waals surface area contributed by atoms with Gasteiger partial charge in [0.1, 0.15) is 0 Å². The fraction of sp³-hybridized carbons (Fsp3) is 0.476. The van der Waals surface area contributed by atoms with Crippen molar-refractivity contribution in [3.8, 4) is 0 Å². The molecule has 128 valence electrons. The lowest BCUT2D eigenvalue weighted by molar-refractivity contribution is -0.122. The number of hydrogen-bond acceptors (Lipinski definition) is 1. The molecule has 1 aliphatic carbocycles.